The number of rotatable bonds is 2. The molecule has 2 heterocycles. The number of aromatic nitrogens is 3. The van der Waals surface area contributed by atoms with Crippen LogP contribution in [0.15, 0.2) is 18.2 Å². The van der Waals surface area contributed by atoms with Gasteiger partial charge in [0.05, 0.1) is 11.4 Å². The molecule has 0 aliphatic heterocycles. The first-order valence-corrected chi connectivity index (χ1v) is 4.82. The number of aryl methyl sites for hydroxylation is 1. The van der Waals surface area contributed by atoms with Gasteiger partial charge in [-0.2, -0.15) is 9.49 Å². The number of hydrogen-bond acceptors (Lipinski definition) is 4. The predicted octanol–water partition coefficient (Wildman–Crippen LogP) is 1.09. The van der Waals surface area contributed by atoms with Gasteiger partial charge in [0.1, 0.15) is 5.82 Å². The van der Waals surface area contributed by atoms with Crippen LogP contribution >= 0.6 is 0 Å². The molecule has 0 unspecified atom stereocenters. The van der Waals surface area contributed by atoms with Crippen molar-refractivity contribution in [2.24, 2.45) is 0 Å². The Kier molecular flexibility index (Phi) is 2.73. The lowest BCUT2D eigenvalue weighted by molar-refractivity contribution is 0.102. The third kappa shape index (κ3) is 2.22. The van der Waals surface area contributed by atoms with Gasteiger partial charge in [0, 0.05) is 0 Å². The molecule has 7 heteroatoms. The van der Waals surface area contributed by atoms with E-state index in [0.717, 1.165) is 0 Å². The summed E-state index contributed by atoms with van der Waals surface area (Å²) in [4.78, 5) is 15.2. The van der Waals surface area contributed by atoms with Crippen LogP contribution < -0.4 is 11.1 Å². The number of halogens is 1. The molecule has 0 atom stereocenters. The number of amides is 1. The fourth-order valence-electron chi connectivity index (χ4n) is 1.26. The Labute approximate surface area is 96.1 Å². The van der Waals surface area contributed by atoms with E-state index >= 15 is 0 Å². The second-order valence-corrected chi connectivity index (χ2v) is 3.41. The number of H-pyrrole nitrogens is 1. The minimum absolute atomic E-state index is 0.0635. The van der Waals surface area contributed by atoms with Crippen molar-refractivity contribution in [3.05, 3.63) is 35.5 Å². The van der Waals surface area contributed by atoms with Crippen LogP contribution in [0, 0.1) is 12.9 Å². The van der Waals surface area contributed by atoms with Gasteiger partial charge in [-0.25, -0.2) is 4.98 Å². The number of pyridine rings is 1. The molecule has 2 rings (SSSR count). The fraction of sp³-hybridized carbons (Fsp3) is 0.100. The van der Waals surface area contributed by atoms with E-state index in [1.807, 2.05) is 0 Å². The van der Waals surface area contributed by atoms with Crippen LogP contribution in [0.3, 0.4) is 0 Å². The first-order valence-electron chi connectivity index (χ1n) is 4.82. The standard InChI is InChI=1S/C10H10FN5O/c1-5-8(12)9(16-15-5)10(17)14-7-4-2-3-6(11)13-7/h2-4H,12H2,1H3,(H,15,16)(H,13,14,17). The van der Waals surface area contributed by atoms with E-state index < -0.39 is 11.9 Å². The lowest BCUT2D eigenvalue weighted by Crippen LogP contribution is -2.15. The van der Waals surface area contributed by atoms with E-state index in [4.69, 9.17) is 5.73 Å². The smallest absolute Gasteiger partial charge is 0.279 e. The molecule has 0 aliphatic carbocycles. The molecule has 0 saturated heterocycles. The number of carbonyl (C=O) groups excluding carboxylic acids is 1. The summed E-state index contributed by atoms with van der Waals surface area (Å²) in [7, 11) is 0. The van der Waals surface area contributed by atoms with Crippen molar-refractivity contribution in [2.45, 2.75) is 6.92 Å². The van der Waals surface area contributed by atoms with Crippen LogP contribution in [0.4, 0.5) is 15.9 Å². The number of anilines is 2. The van der Waals surface area contributed by atoms with Crippen LogP contribution in [0.2, 0.25) is 0 Å². The predicted molar refractivity (Wildman–Crippen MR) is 59.9 cm³/mol. The molecule has 6 nitrogen and oxygen atoms in total. The lowest BCUT2D eigenvalue weighted by Gasteiger charge is -2.02. The van der Waals surface area contributed by atoms with Gasteiger partial charge in [0.2, 0.25) is 5.95 Å². The van der Waals surface area contributed by atoms with Crippen molar-refractivity contribution in [3.8, 4) is 0 Å². The van der Waals surface area contributed by atoms with Crippen LogP contribution in [-0.4, -0.2) is 21.1 Å². The molecule has 4 N–H and O–H groups in total. The molecule has 0 bridgehead atoms. The van der Waals surface area contributed by atoms with E-state index in [0.29, 0.717) is 5.69 Å². The molecular weight excluding hydrogens is 225 g/mol. The summed E-state index contributed by atoms with van der Waals surface area (Å²) in [6.45, 7) is 1.69. The Bertz CT molecular complexity index is 566. The van der Waals surface area contributed by atoms with E-state index in [2.05, 4.69) is 20.5 Å². The van der Waals surface area contributed by atoms with E-state index in [-0.39, 0.29) is 17.2 Å². The Balaban J connectivity index is 2.20. The molecular formula is C10H10FN5O. The van der Waals surface area contributed by atoms with Gasteiger partial charge in [0.15, 0.2) is 5.69 Å². The Morgan fingerprint density at radius 1 is 1.53 bits per heavy atom. The molecule has 0 spiro atoms. The number of nitrogen functional groups attached to an aromatic ring is 1. The third-order valence-corrected chi connectivity index (χ3v) is 2.17. The number of hydrogen-bond donors (Lipinski definition) is 3. The Morgan fingerprint density at radius 3 is 2.88 bits per heavy atom. The van der Waals surface area contributed by atoms with Crippen molar-refractivity contribution in [2.75, 3.05) is 11.1 Å². The summed E-state index contributed by atoms with van der Waals surface area (Å²) >= 11 is 0. The van der Waals surface area contributed by atoms with Crippen molar-refractivity contribution < 1.29 is 9.18 Å². The summed E-state index contributed by atoms with van der Waals surface area (Å²) < 4.78 is 12.8. The number of aromatic amines is 1. The molecule has 17 heavy (non-hydrogen) atoms. The molecule has 88 valence electrons. The molecule has 0 aromatic carbocycles. The number of carbonyl (C=O) groups is 1. The first-order chi connectivity index (χ1) is 8.08. The van der Waals surface area contributed by atoms with Gasteiger partial charge in [-0.1, -0.05) is 6.07 Å². The molecule has 0 aliphatic rings. The summed E-state index contributed by atoms with van der Waals surface area (Å²) in [6.07, 6.45) is 0. The molecule has 0 fully saturated rings. The van der Waals surface area contributed by atoms with Gasteiger partial charge in [-0.3, -0.25) is 9.89 Å². The van der Waals surface area contributed by atoms with Gasteiger partial charge in [-0.05, 0) is 19.1 Å². The molecule has 1 amide bonds. The van der Waals surface area contributed by atoms with Gasteiger partial charge >= 0.3 is 0 Å². The Morgan fingerprint density at radius 2 is 2.29 bits per heavy atom. The molecule has 0 radical (unpaired) electrons. The normalized spacial score (nSPS) is 10.2. The van der Waals surface area contributed by atoms with E-state index in [9.17, 15) is 9.18 Å². The molecule has 0 saturated carbocycles. The zero-order valence-corrected chi connectivity index (χ0v) is 8.99. The van der Waals surface area contributed by atoms with E-state index in [1.54, 1.807) is 6.92 Å². The van der Waals surface area contributed by atoms with Crippen molar-refractivity contribution in [1.29, 1.82) is 0 Å². The average Bonchev–Trinajstić information content (AvgIpc) is 2.60. The number of nitrogens with two attached hydrogens (primary N) is 1. The summed E-state index contributed by atoms with van der Waals surface area (Å²) in [5.41, 5.74) is 6.56. The van der Waals surface area contributed by atoms with Crippen molar-refractivity contribution in [3.63, 3.8) is 0 Å². The Hall–Kier alpha value is -2.44. The monoisotopic (exact) mass is 235 g/mol. The average molecular weight is 235 g/mol. The summed E-state index contributed by atoms with van der Waals surface area (Å²) in [5, 5.41) is 8.74. The molecule has 2 aromatic heterocycles. The van der Waals surface area contributed by atoms with Crippen molar-refractivity contribution in [1.82, 2.24) is 15.2 Å². The highest BCUT2D eigenvalue weighted by molar-refractivity contribution is 6.06. The quantitative estimate of drug-likeness (QED) is 0.678. The second kappa shape index (κ2) is 4.20. The minimum atomic E-state index is -0.672. The van der Waals surface area contributed by atoms with Crippen LogP contribution in [-0.2, 0) is 0 Å². The third-order valence-electron chi connectivity index (χ3n) is 2.17. The maximum atomic E-state index is 12.8. The first kappa shape index (κ1) is 11.1. The van der Waals surface area contributed by atoms with Gasteiger partial charge < -0.3 is 11.1 Å². The minimum Gasteiger partial charge on any atom is -0.395 e. The zero-order valence-electron chi connectivity index (χ0n) is 8.99. The SMILES string of the molecule is Cc1[nH]nc(C(=O)Nc2cccc(F)n2)c1N. The van der Waals surface area contributed by atoms with E-state index in [1.165, 1.54) is 18.2 Å². The van der Waals surface area contributed by atoms with Crippen LogP contribution in [0.25, 0.3) is 0 Å². The van der Waals surface area contributed by atoms with Crippen LogP contribution in [0.5, 0.6) is 0 Å². The lowest BCUT2D eigenvalue weighted by atomic mass is 10.3. The van der Waals surface area contributed by atoms with Gasteiger partial charge in [0.25, 0.3) is 5.91 Å². The highest BCUT2D eigenvalue weighted by atomic mass is 19.1. The van der Waals surface area contributed by atoms with Crippen LogP contribution in [0.1, 0.15) is 16.2 Å². The topological polar surface area (TPSA) is 96.7 Å². The maximum absolute atomic E-state index is 12.8. The summed E-state index contributed by atoms with van der Waals surface area (Å²) in [5.74, 6) is -1.10. The zero-order chi connectivity index (χ0) is 12.4. The maximum Gasteiger partial charge on any atom is 0.279 e. The highest BCUT2D eigenvalue weighted by Crippen LogP contribution is 2.14. The summed E-state index contributed by atoms with van der Waals surface area (Å²) in [6, 6.07) is 4.09. The van der Waals surface area contributed by atoms with Crippen molar-refractivity contribution >= 4 is 17.4 Å². The van der Waals surface area contributed by atoms with Gasteiger partial charge in [-0.15, -0.1) is 0 Å². The number of nitrogens with zero attached hydrogens (tertiary/aromatic N) is 2. The molecule has 2 aromatic rings. The highest BCUT2D eigenvalue weighted by Gasteiger charge is 2.15. The fourth-order valence-corrected chi connectivity index (χ4v) is 1.26. The number of nitrogens with one attached hydrogen (secondary N) is 2. The second-order valence-electron chi connectivity index (χ2n) is 3.41. The largest absolute Gasteiger partial charge is 0.395 e.